The third kappa shape index (κ3) is 5.04. The van der Waals surface area contributed by atoms with Gasteiger partial charge in [0.05, 0.1) is 13.0 Å². The molecule has 0 bridgehead atoms. The van der Waals surface area contributed by atoms with Crippen molar-refractivity contribution in [2.45, 2.75) is 58.3 Å². The summed E-state index contributed by atoms with van der Waals surface area (Å²) in [5.74, 6) is 2.20. The van der Waals surface area contributed by atoms with E-state index in [0.717, 1.165) is 24.5 Å². The average Bonchev–Trinajstić information content (AvgIpc) is 2.56. The van der Waals surface area contributed by atoms with Crippen molar-refractivity contribution in [3.63, 3.8) is 0 Å². The Morgan fingerprint density at radius 1 is 1.05 bits per heavy atom. The quantitative estimate of drug-likeness (QED) is 0.404. The second kappa shape index (κ2) is 8.82. The Morgan fingerprint density at radius 3 is 2.27 bits per heavy atom. The first kappa shape index (κ1) is 16.9. The molecule has 3 heteroatoms. The van der Waals surface area contributed by atoms with Crippen molar-refractivity contribution in [1.82, 2.24) is 0 Å². The van der Waals surface area contributed by atoms with Gasteiger partial charge in [-0.05, 0) is 55.9 Å². The maximum atomic E-state index is 12.2. The topological polar surface area (TPSA) is 35.5 Å². The Bertz CT molecular complexity index is 444. The first-order valence-electron chi connectivity index (χ1n) is 8.58. The van der Waals surface area contributed by atoms with Crippen LogP contribution in [-0.4, -0.2) is 13.1 Å². The molecule has 1 aromatic rings. The van der Waals surface area contributed by atoms with Crippen LogP contribution in [0.1, 0.15) is 58.3 Å². The fourth-order valence-electron chi connectivity index (χ4n) is 3.21. The Hall–Kier alpha value is -1.51. The van der Waals surface area contributed by atoms with Gasteiger partial charge in [0.25, 0.3) is 0 Å². The highest BCUT2D eigenvalue weighted by Gasteiger charge is 2.27. The van der Waals surface area contributed by atoms with E-state index in [9.17, 15) is 4.79 Å². The van der Waals surface area contributed by atoms with Crippen LogP contribution in [0.15, 0.2) is 24.3 Å². The molecule has 1 saturated carbocycles. The van der Waals surface area contributed by atoms with Crippen LogP contribution in [0.25, 0.3) is 0 Å². The van der Waals surface area contributed by atoms with Crippen LogP contribution < -0.4 is 9.47 Å². The maximum Gasteiger partial charge on any atom is 0.314 e. The van der Waals surface area contributed by atoms with Gasteiger partial charge in [0.2, 0.25) is 0 Å². The van der Waals surface area contributed by atoms with Crippen molar-refractivity contribution in [3.8, 4) is 11.5 Å². The number of hydrogen-bond donors (Lipinski definition) is 0. The van der Waals surface area contributed by atoms with Gasteiger partial charge in [-0.15, -0.1) is 0 Å². The molecule has 0 unspecified atom stereocenters. The van der Waals surface area contributed by atoms with Crippen LogP contribution in [0.3, 0.4) is 0 Å². The van der Waals surface area contributed by atoms with Gasteiger partial charge in [0.15, 0.2) is 0 Å². The first-order chi connectivity index (χ1) is 10.7. The number of esters is 1. The van der Waals surface area contributed by atoms with Gasteiger partial charge in [-0.1, -0.05) is 32.6 Å². The molecule has 0 saturated heterocycles. The maximum absolute atomic E-state index is 12.2. The highest BCUT2D eigenvalue weighted by Crippen LogP contribution is 2.33. The minimum atomic E-state index is -0.0721. The van der Waals surface area contributed by atoms with Crippen molar-refractivity contribution in [2.75, 3.05) is 7.11 Å². The number of methoxy groups -OCH3 is 1. The van der Waals surface area contributed by atoms with Crippen LogP contribution in [0, 0.1) is 11.8 Å². The summed E-state index contributed by atoms with van der Waals surface area (Å²) in [7, 11) is 1.62. The average molecular weight is 304 g/mol. The summed E-state index contributed by atoms with van der Waals surface area (Å²) in [5.41, 5.74) is 0. The van der Waals surface area contributed by atoms with Crippen molar-refractivity contribution in [1.29, 1.82) is 0 Å². The number of hydrogen-bond acceptors (Lipinski definition) is 3. The summed E-state index contributed by atoms with van der Waals surface area (Å²) in [5, 5.41) is 0. The van der Waals surface area contributed by atoms with E-state index >= 15 is 0 Å². The molecule has 3 nitrogen and oxygen atoms in total. The zero-order chi connectivity index (χ0) is 15.8. The van der Waals surface area contributed by atoms with Gasteiger partial charge in [0, 0.05) is 0 Å². The number of rotatable bonds is 7. The van der Waals surface area contributed by atoms with E-state index in [1.54, 1.807) is 19.2 Å². The lowest BCUT2D eigenvalue weighted by Crippen LogP contribution is -2.25. The summed E-state index contributed by atoms with van der Waals surface area (Å²) in [6.07, 6.45) is 9.58. The second-order valence-corrected chi connectivity index (χ2v) is 6.31. The molecule has 0 amide bonds. The minimum absolute atomic E-state index is 0.0721. The van der Waals surface area contributed by atoms with Crippen molar-refractivity contribution in [3.05, 3.63) is 24.3 Å². The van der Waals surface area contributed by atoms with E-state index in [-0.39, 0.29) is 11.9 Å². The molecule has 1 fully saturated rings. The van der Waals surface area contributed by atoms with Crippen molar-refractivity contribution >= 4 is 5.97 Å². The largest absolute Gasteiger partial charge is 0.497 e. The fraction of sp³-hybridized carbons (Fsp3) is 0.632. The smallest absolute Gasteiger partial charge is 0.314 e. The van der Waals surface area contributed by atoms with E-state index < -0.39 is 0 Å². The monoisotopic (exact) mass is 304 g/mol. The third-order valence-electron chi connectivity index (χ3n) is 4.67. The van der Waals surface area contributed by atoms with Crippen LogP contribution in [-0.2, 0) is 4.79 Å². The highest BCUT2D eigenvalue weighted by atomic mass is 16.5. The van der Waals surface area contributed by atoms with Crippen LogP contribution in [0.4, 0.5) is 0 Å². The Kier molecular flexibility index (Phi) is 6.75. The molecule has 0 atom stereocenters. The molecule has 0 heterocycles. The zero-order valence-electron chi connectivity index (χ0n) is 13.8. The standard InChI is InChI=1S/C19H28O3/c1-3-4-5-6-15-7-9-16(10-8-15)19(20)22-18-13-11-17(21-2)12-14-18/h11-16H,3-10H2,1-2H3/t15-,16-. The summed E-state index contributed by atoms with van der Waals surface area (Å²) in [6, 6.07) is 7.20. The van der Waals surface area contributed by atoms with Gasteiger partial charge in [-0.3, -0.25) is 4.79 Å². The minimum Gasteiger partial charge on any atom is -0.497 e. The number of unbranched alkanes of at least 4 members (excludes halogenated alkanes) is 2. The molecule has 0 spiro atoms. The molecule has 22 heavy (non-hydrogen) atoms. The van der Waals surface area contributed by atoms with Gasteiger partial charge >= 0.3 is 5.97 Å². The van der Waals surface area contributed by atoms with Gasteiger partial charge < -0.3 is 9.47 Å². The Labute approximate surface area is 134 Å². The molecular weight excluding hydrogens is 276 g/mol. The van der Waals surface area contributed by atoms with E-state index in [2.05, 4.69) is 6.92 Å². The lowest BCUT2D eigenvalue weighted by molar-refractivity contribution is -0.140. The van der Waals surface area contributed by atoms with E-state index in [1.807, 2.05) is 12.1 Å². The predicted octanol–water partition coefficient (Wildman–Crippen LogP) is 4.99. The second-order valence-electron chi connectivity index (χ2n) is 6.31. The molecule has 0 radical (unpaired) electrons. The summed E-state index contributed by atoms with van der Waals surface area (Å²) < 4.78 is 10.6. The molecule has 0 N–H and O–H groups in total. The normalized spacial score (nSPS) is 21.4. The molecular formula is C19H28O3. The lowest BCUT2D eigenvalue weighted by atomic mass is 9.80. The fourth-order valence-corrected chi connectivity index (χ4v) is 3.21. The Morgan fingerprint density at radius 2 is 1.68 bits per heavy atom. The van der Waals surface area contributed by atoms with Crippen molar-refractivity contribution < 1.29 is 14.3 Å². The first-order valence-corrected chi connectivity index (χ1v) is 8.58. The molecule has 2 rings (SSSR count). The molecule has 0 aliphatic heterocycles. The molecule has 1 aromatic carbocycles. The molecule has 0 aromatic heterocycles. The van der Waals surface area contributed by atoms with Crippen LogP contribution in [0.2, 0.25) is 0 Å². The summed E-state index contributed by atoms with van der Waals surface area (Å²) >= 11 is 0. The predicted molar refractivity (Wildman–Crippen MR) is 88.2 cm³/mol. The SMILES string of the molecule is CCCCC[C@H]1CC[C@H](C(=O)Oc2ccc(OC)cc2)CC1. The zero-order valence-corrected chi connectivity index (χ0v) is 13.8. The lowest BCUT2D eigenvalue weighted by Gasteiger charge is -2.27. The van der Waals surface area contributed by atoms with Crippen LogP contribution in [0.5, 0.6) is 11.5 Å². The van der Waals surface area contributed by atoms with Crippen molar-refractivity contribution in [2.24, 2.45) is 11.8 Å². The van der Waals surface area contributed by atoms with E-state index in [4.69, 9.17) is 9.47 Å². The number of carbonyl (C=O) groups excluding carboxylic acids is 1. The van der Waals surface area contributed by atoms with Crippen LogP contribution >= 0.6 is 0 Å². The molecule has 122 valence electrons. The van der Waals surface area contributed by atoms with Gasteiger partial charge in [-0.2, -0.15) is 0 Å². The Balaban J connectivity index is 1.74. The molecule has 1 aliphatic rings. The third-order valence-corrected chi connectivity index (χ3v) is 4.67. The highest BCUT2D eigenvalue weighted by molar-refractivity contribution is 5.75. The van der Waals surface area contributed by atoms with Gasteiger partial charge in [-0.25, -0.2) is 0 Å². The summed E-state index contributed by atoms with van der Waals surface area (Å²) in [6.45, 7) is 2.24. The molecule has 1 aliphatic carbocycles. The van der Waals surface area contributed by atoms with E-state index in [0.29, 0.717) is 5.75 Å². The number of carbonyl (C=O) groups is 1. The van der Waals surface area contributed by atoms with E-state index in [1.165, 1.54) is 38.5 Å². The summed E-state index contributed by atoms with van der Waals surface area (Å²) in [4.78, 5) is 12.2. The number of ether oxygens (including phenoxy) is 2. The number of benzene rings is 1. The van der Waals surface area contributed by atoms with Gasteiger partial charge in [0.1, 0.15) is 11.5 Å².